The van der Waals surface area contributed by atoms with Crippen LogP contribution in [0.15, 0.2) is 22.7 Å². The van der Waals surface area contributed by atoms with Crippen molar-refractivity contribution in [1.82, 2.24) is 15.4 Å². The molecule has 19 heavy (non-hydrogen) atoms. The number of hydrogen-bond donors (Lipinski definition) is 2. The molecule has 0 aliphatic heterocycles. The first-order valence-corrected chi connectivity index (χ1v) is 5.93. The molecule has 98 valence electrons. The van der Waals surface area contributed by atoms with E-state index in [-0.39, 0.29) is 17.0 Å². The number of nitrogens with one attached hydrogen (secondary N) is 1. The number of methoxy groups -OCH3 is 1. The number of nitrogens with zero attached hydrogens (tertiary/aromatic N) is 2. The topological polar surface area (TPSA) is 111 Å². The molecule has 0 unspecified atom stereocenters. The van der Waals surface area contributed by atoms with Gasteiger partial charge in [-0.05, 0) is 12.1 Å². The number of benzene rings is 1. The Morgan fingerprint density at radius 3 is 2.74 bits per heavy atom. The number of halogens is 1. The molecule has 2 aromatic rings. The van der Waals surface area contributed by atoms with Crippen LogP contribution in [0, 0.1) is 0 Å². The molecule has 3 N–H and O–H groups in total. The van der Waals surface area contributed by atoms with Gasteiger partial charge in [-0.25, -0.2) is 4.79 Å². The van der Waals surface area contributed by atoms with E-state index >= 15 is 0 Å². The fourth-order valence-electron chi connectivity index (χ4n) is 1.62. The average molecular weight is 325 g/mol. The van der Waals surface area contributed by atoms with Gasteiger partial charge in [0.15, 0.2) is 5.69 Å². The molecule has 0 aliphatic rings. The molecule has 0 aliphatic carbocycles. The number of aromatic nitrogens is 3. The van der Waals surface area contributed by atoms with Crippen molar-refractivity contribution in [2.75, 3.05) is 7.11 Å². The molecule has 0 saturated carbocycles. The van der Waals surface area contributed by atoms with Crippen LogP contribution in [0.25, 0.3) is 11.3 Å². The second-order valence-electron chi connectivity index (χ2n) is 3.54. The Labute approximate surface area is 116 Å². The van der Waals surface area contributed by atoms with Crippen LogP contribution in [0.5, 0.6) is 0 Å². The van der Waals surface area contributed by atoms with E-state index in [9.17, 15) is 9.59 Å². The minimum atomic E-state index is -0.740. The number of primary amides is 1. The van der Waals surface area contributed by atoms with Crippen LogP contribution in [0.4, 0.5) is 0 Å². The summed E-state index contributed by atoms with van der Waals surface area (Å²) in [5, 5.41) is 9.86. The molecule has 1 aromatic heterocycles. The molecule has 7 nitrogen and oxygen atoms in total. The Balaban J connectivity index is 2.71. The van der Waals surface area contributed by atoms with Gasteiger partial charge in [-0.2, -0.15) is 15.4 Å². The summed E-state index contributed by atoms with van der Waals surface area (Å²) in [6.45, 7) is 0. The summed E-state index contributed by atoms with van der Waals surface area (Å²) in [5.41, 5.74) is 6.02. The van der Waals surface area contributed by atoms with Gasteiger partial charge in [0.05, 0.1) is 12.7 Å². The summed E-state index contributed by atoms with van der Waals surface area (Å²) in [7, 11) is 1.27. The molecular formula is C11H9BrN4O3. The zero-order valence-electron chi connectivity index (χ0n) is 9.81. The molecule has 0 spiro atoms. The Kier molecular flexibility index (Phi) is 3.61. The Morgan fingerprint density at radius 2 is 2.11 bits per heavy atom. The van der Waals surface area contributed by atoms with E-state index in [2.05, 4.69) is 31.3 Å². The molecule has 0 fully saturated rings. The van der Waals surface area contributed by atoms with Crippen molar-refractivity contribution < 1.29 is 14.3 Å². The van der Waals surface area contributed by atoms with Crippen molar-refractivity contribution in [2.45, 2.75) is 0 Å². The third-order valence-electron chi connectivity index (χ3n) is 2.44. The second-order valence-corrected chi connectivity index (χ2v) is 4.39. The van der Waals surface area contributed by atoms with Gasteiger partial charge in [-0.15, -0.1) is 0 Å². The Hall–Kier alpha value is -2.22. The fraction of sp³-hybridized carbons (Fsp3) is 0.0909. The van der Waals surface area contributed by atoms with Crippen molar-refractivity contribution >= 4 is 27.8 Å². The monoisotopic (exact) mass is 324 g/mol. The number of nitrogens with two attached hydrogens (primary N) is 1. The lowest BCUT2D eigenvalue weighted by molar-refractivity contribution is 0.0601. The molecule has 0 radical (unpaired) electrons. The molecule has 0 atom stereocenters. The predicted octanol–water partition coefficient (Wildman–Crippen LogP) is 1.12. The minimum absolute atomic E-state index is 0.0444. The van der Waals surface area contributed by atoms with E-state index < -0.39 is 11.9 Å². The van der Waals surface area contributed by atoms with E-state index in [1.165, 1.54) is 7.11 Å². The number of aromatic amines is 1. The standard InChI is InChI=1S/C11H9BrN4O3/c1-19-11(18)5-3-2-4-6(12)7(5)8-9(10(13)17)15-16-14-8/h2-4H,1H3,(H2,13,17)(H,14,15,16). The van der Waals surface area contributed by atoms with Gasteiger partial charge in [-0.1, -0.05) is 22.0 Å². The van der Waals surface area contributed by atoms with Crippen molar-refractivity contribution in [2.24, 2.45) is 5.73 Å². The normalized spacial score (nSPS) is 10.2. The van der Waals surface area contributed by atoms with Crippen molar-refractivity contribution in [1.29, 1.82) is 0 Å². The van der Waals surface area contributed by atoms with Gasteiger partial charge in [0.25, 0.3) is 5.91 Å². The van der Waals surface area contributed by atoms with E-state index in [4.69, 9.17) is 10.5 Å². The highest BCUT2D eigenvalue weighted by atomic mass is 79.9. The van der Waals surface area contributed by atoms with Crippen molar-refractivity contribution in [3.05, 3.63) is 33.9 Å². The van der Waals surface area contributed by atoms with Gasteiger partial charge >= 0.3 is 5.97 Å². The number of H-pyrrole nitrogens is 1. The second kappa shape index (κ2) is 5.19. The largest absolute Gasteiger partial charge is 0.465 e. The summed E-state index contributed by atoms with van der Waals surface area (Å²) in [6.07, 6.45) is 0. The molecule has 1 heterocycles. The van der Waals surface area contributed by atoms with Crippen LogP contribution in [-0.4, -0.2) is 34.4 Å². The zero-order chi connectivity index (χ0) is 14.0. The van der Waals surface area contributed by atoms with Crippen LogP contribution in [0.3, 0.4) is 0 Å². The zero-order valence-corrected chi connectivity index (χ0v) is 11.4. The maximum Gasteiger partial charge on any atom is 0.338 e. The maximum atomic E-state index is 11.7. The number of amides is 1. The number of hydrogen-bond acceptors (Lipinski definition) is 5. The van der Waals surface area contributed by atoms with Gasteiger partial charge in [0.1, 0.15) is 5.69 Å². The smallest absolute Gasteiger partial charge is 0.338 e. The molecule has 1 aromatic carbocycles. The third-order valence-corrected chi connectivity index (χ3v) is 3.10. The van der Waals surface area contributed by atoms with Gasteiger partial charge < -0.3 is 10.5 Å². The fourth-order valence-corrected chi connectivity index (χ4v) is 2.18. The SMILES string of the molecule is COC(=O)c1cccc(Br)c1-c1n[nH]nc1C(N)=O. The van der Waals surface area contributed by atoms with E-state index in [1.54, 1.807) is 18.2 Å². The highest BCUT2D eigenvalue weighted by Crippen LogP contribution is 2.32. The lowest BCUT2D eigenvalue weighted by Gasteiger charge is -2.08. The van der Waals surface area contributed by atoms with E-state index in [0.29, 0.717) is 10.0 Å². The maximum absolute atomic E-state index is 11.7. The van der Waals surface area contributed by atoms with E-state index in [1.807, 2.05) is 0 Å². The third kappa shape index (κ3) is 2.34. The highest BCUT2D eigenvalue weighted by molar-refractivity contribution is 9.10. The molecule has 8 heteroatoms. The number of ether oxygens (including phenoxy) is 1. The first-order valence-electron chi connectivity index (χ1n) is 5.14. The quantitative estimate of drug-likeness (QED) is 0.822. The molecule has 2 rings (SSSR count). The summed E-state index contributed by atoms with van der Waals surface area (Å²) >= 11 is 3.31. The number of carbonyl (C=O) groups excluding carboxylic acids is 2. The van der Waals surface area contributed by atoms with Crippen molar-refractivity contribution in [3.63, 3.8) is 0 Å². The lowest BCUT2D eigenvalue weighted by Crippen LogP contribution is -2.14. The summed E-state index contributed by atoms with van der Waals surface area (Å²) < 4.78 is 5.27. The molecular weight excluding hydrogens is 316 g/mol. The summed E-state index contributed by atoms with van der Waals surface area (Å²) in [4.78, 5) is 23.0. The predicted molar refractivity (Wildman–Crippen MR) is 69.4 cm³/mol. The molecule has 0 saturated heterocycles. The Bertz CT molecular complexity index is 653. The summed E-state index contributed by atoms with van der Waals surface area (Å²) in [5.74, 6) is -1.29. The number of esters is 1. The van der Waals surface area contributed by atoms with Crippen LogP contribution in [0.1, 0.15) is 20.8 Å². The van der Waals surface area contributed by atoms with Crippen LogP contribution >= 0.6 is 15.9 Å². The first-order chi connectivity index (χ1) is 9.06. The minimum Gasteiger partial charge on any atom is -0.465 e. The number of carbonyl (C=O) groups is 2. The van der Waals surface area contributed by atoms with Gasteiger partial charge in [-0.3, -0.25) is 4.79 Å². The molecule has 1 amide bonds. The first kappa shape index (κ1) is 13.2. The van der Waals surface area contributed by atoms with Crippen molar-refractivity contribution in [3.8, 4) is 11.3 Å². The van der Waals surface area contributed by atoms with Gasteiger partial charge in [0, 0.05) is 10.0 Å². The van der Waals surface area contributed by atoms with Crippen LogP contribution < -0.4 is 5.73 Å². The summed E-state index contributed by atoms with van der Waals surface area (Å²) in [6, 6.07) is 4.94. The number of rotatable bonds is 3. The average Bonchev–Trinajstić information content (AvgIpc) is 2.86. The lowest BCUT2D eigenvalue weighted by atomic mass is 10.0. The van der Waals surface area contributed by atoms with Gasteiger partial charge in [0.2, 0.25) is 0 Å². The molecule has 0 bridgehead atoms. The van der Waals surface area contributed by atoms with E-state index in [0.717, 1.165) is 0 Å². The van der Waals surface area contributed by atoms with Crippen LogP contribution in [0.2, 0.25) is 0 Å². The highest BCUT2D eigenvalue weighted by Gasteiger charge is 2.23. The Morgan fingerprint density at radius 1 is 1.37 bits per heavy atom. The van der Waals surface area contributed by atoms with Crippen LogP contribution in [-0.2, 0) is 4.74 Å².